The number of nitrogens with zero attached hydrogens (tertiary/aromatic N) is 2. The maximum atomic E-state index is 10.6. The highest BCUT2D eigenvalue weighted by atomic mass is 16.1. The molecular weight excluding hydrogens is 212 g/mol. The van der Waals surface area contributed by atoms with Crippen LogP contribution >= 0.6 is 0 Å². The van der Waals surface area contributed by atoms with Crippen molar-refractivity contribution < 1.29 is 4.79 Å². The minimum absolute atomic E-state index is 0.231. The normalized spacial score (nSPS) is 20.4. The highest BCUT2D eigenvalue weighted by molar-refractivity contribution is 5.61. The number of benzene rings is 1. The standard InChI is InChI=1S/C14H16N2O/c1-16-9-3-4-11-12(5-2-6-13(11)16)14(7-8-14)15-10-17/h2,5-6H,3-4,7-9H2,1H3. The van der Waals surface area contributed by atoms with Crippen LogP contribution in [0.1, 0.15) is 30.4 Å². The molecule has 1 aliphatic carbocycles. The maximum absolute atomic E-state index is 10.6. The Morgan fingerprint density at radius 1 is 1.41 bits per heavy atom. The molecule has 1 fully saturated rings. The number of carbonyl (C=O) groups excluding carboxylic acids is 1. The first-order chi connectivity index (χ1) is 8.27. The minimum Gasteiger partial charge on any atom is -0.374 e. The van der Waals surface area contributed by atoms with Crippen molar-refractivity contribution in [1.82, 2.24) is 0 Å². The van der Waals surface area contributed by atoms with Gasteiger partial charge in [-0.25, -0.2) is 4.79 Å². The van der Waals surface area contributed by atoms with E-state index in [4.69, 9.17) is 0 Å². The van der Waals surface area contributed by atoms with Gasteiger partial charge in [-0.2, -0.15) is 4.99 Å². The molecule has 88 valence electrons. The van der Waals surface area contributed by atoms with Crippen molar-refractivity contribution in [2.75, 3.05) is 18.5 Å². The van der Waals surface area contributed by atoms with Crippen molar-refractivity contribution in [3.8, 4) is 0 Å². The third-order valence-electron chi connectivity index (χ3n) is 3.97. The van der Waals surface area contributed by atoms with Crippen LogP contribution in [0.2, 0.25) is 0 Å². The second-order valence-electron chi connectivity index (χ2n) is 5.06. The first-order valence-corrected chi connectivity index (χ1v) is 6.19. The molecule has 0 radical (unpaired) electrons. The van der Waals surface area contributed by atoms with Crippen molar-refractivity contribution in [3.63, 3.8) is 0 Å². The lowest BCUT2D eigenvalue weighted by Crippen LogP contribution is -2.26. The summed E-state index contributed by atoms with van der Waals surface area (Å²) in [5, 5.41) is 0. The number of isocyanates is 1. The third-order valence-corrected chi connectivity index (χ3v) is 3.97. The van der Waals surface area contributed by atoms with Gasteiger partial charge in [-0.1, -0.05) is 12.1 Å². The zero-order chi connectivity index (χ0) is 11.9. The maximum Gasteiger partial charge on any atom is 0.235 e. The van der Waals surface area contributed by atoms with Gasteiger partial charge in [0.15, 0.2) is 0 Å². The van der Waals surface area contributed by atoms with E-state index in [1.165, 1.54) is 23.2 Å². The van der Waals surface area contributed by atoms with E-state index >= 15 is 0 Å². The Morgan fingerprint density at radius 2 is 2.24 bits per heavy atom. The molecule has 0 atom stereocenters. The van der Waals surface area contributed by atoms with Crippen LogP contribution in [-0.4, -0.2) is 19.7 Å². The van der Waals surface area contributed by atoms with Crippen LogP contribution in [0.25, 0.3) is 0 Å². The summed E-state index contributed by atoms with van der Waals surface area (Å²) in [5.41, 5.74) is 3.72. The van der Waals surface area contributed by atoms with E-state index in [0.29, 0.717) is 0 Å². The summed E-state index contributed by atoms with van der Waals surface area (Å²) in [6.07, 6.45) is 6.01. The summed E-state index contributed by atoms with van der Waals surface area (Å²) < 4.78 is 0. The molecule has 1 aliphatic heterocycles. The van der Waals surface area contributed by atoms with Gasteiger partial charge in [-0.15, -0.1) is 0 Å². The van der Waals surface area contributed by atoms with E-state index in [1.807, 2.05) is 0 Å². The molecule has 0 spiro atoms. The SMILES string of the molecule is CN1CCCc2c1cccc2C1(N=C=O)CC1. The fraction of sp³-hybridized carbons (Fsp3) is 0.500. The number of rotatable bonds is 2. The Labute approximate surface area is 101 Å². The minimum atomic E-state index is -0.231. The van der Waals surface area contributed by atoms with Gasteiger partial charge in [-0.3, -0.25) is 0 Å². The summed E-state index contributed by atoms with van der Waals surface area (Å²) in [5.74, 6) is 0. The van der Waals surface area contributed by atoms with E-state index in [-0.39, 0.29) is 5.54 Å². The van der Waals surface area contributed by atoms with Gasteiger partial charge in [0.05, 0.1) is 5.54 Å². The highest BCUT2D eigenvalue weighted by Gasteiger charge is 2.46. The first kappa shape index (κ1) is 10.5. The van der Waals surface area contributed by atoms with Crippen molar-refractivity contribution >= 4 is 11.8 Å². The Morgan fingerprint density at radius 3 is 2.94 bits per heavy atom. The van der Waals surface area contributed by atoms with E-state index in [0.717, 1.165) is 25.8 Å². The van der Waals surface area contributed by atoms with Gasteiger partial charge in [-0.05, 0) is 42.9 Å². The Hall–Kier alpha value is -1.60. The quantitative estimate of drug-likeness (QED) is 0.575. The van der Waals surface area contributed by atoms with Gasteiger partial charge in [0.25, 0.3) is 0 Å². The fourth-order valence-electron chi connectivity index (χ4n) is 2.89. The monoisotopic (exact) mass is 228 g/mol. The molecule has 0 unspecified atom stereocenters. The molecule has 0 aromatic heterocycles. The molecule has 1 aromatic rings. The summed E-state index contributed by atoms with van der Waals surface area (Å²) in [7, 11) is 2.13. The van der Waals surface area contributed by atoms with Gasteiger partial charge in [0, 0.05) is 19.3 Å². The zero-order valence-corrected chi connectivity index (χ0v) is 10.1. The highest BCUT2D eigenvalue weighted by Crippen LogP contribution is 2.52. The summed E-state index contributed by atoms with van der Waals surface area (Å²) >= 11 is 0. The van der Waals surface area contributed by atoms with E-state index in [2.05, 4.69) is 35.1 Å². The summed E-state index contributed by atoms with van der Waals surface area (Å²) in [4.78, 5) is 16.9. The van der Waals surface area contributed by atoms with Crippen molar-refractivity contribution in [2.45, 2.75) is 31.2 Å². The van der Waals surface area contributed by atoms with Crippen molar-refractivity contribution in [3.05, 3.63) is 29.3 Å². The van der Waals surface area contributed by atoms with Crippen LogP contribution in [0.3, 0.4) is 0 Å². The first-order valence-electron chi connectivity index (χ1n) is 6.19. The second-order valence-corrected chi connectivity index (χ2v) is 5.06. The number of hydrogen-bond acceptors (Lipinski definition) is 3. The third kappa shape index (κ3) is 1.58. The van der Waals surface area contributed by atoms with E-state index < -0.39 is 0 Å². The predicted octanol–water partition coefficient (Wildman–Crippen LogP) is 2.39. The molecule has 17 heavy (non-hydrogen) atoms. The number of aliphatic imine (C=N–C) groups is 1. The lowest BCUT2D eigenvalue weighted by atomic mass is 9.91. The average Bonchev–Trinajstić information content (AvgIpc) is 3.10. The molecule has 0 bridgehead atoms. The average molecular weight is 228 g/mol. The van der Waals surface area contributed by atoms with Crippen LogP contribution in [0.4, 0.5) is 5.69 Å². The van der Waals surface area contributed by atoms with Crippen LogP contribution in [-0.2, 0) is 16.8 Å². The molecule has 1 saturated carbocycles. The molecule has 3 nitrogen and oxygen atoms in total. The molecule has 0 N–H and O–H groups in total. The van der Waals surface area contributed by atoms with Crippen molar-refractivity contribution in [1.29, 1.82) is 0 Å². The van der Waals surface area contributed by atoms with Gasteiger partial charge >= 0.3 is 0 Å². The molecule has 2 aliphatic rings. The van der Waals surface area contributed by atoms with Crippen molar-refractivity contribution in [2.24, 2.45) is 4.99 Å². The summed E-state index contributed by atoms with van der Waals surface area (Å²) in [6.45, 7) is 1.11. The lowest BCUT2D eigenvalue weighted by molar-refractivity contribution is 0.555. The molecule has 3 heteroatoms. The summed E-state index contributed by atoms with van der Waals surface area (Å²) in [6, 6.07) is 6.38. The van der Waals surface area contributed by atoms with Crippen LogP contribution in [0, 0.1) is 0 Å². The Balaban J connectivity index is 2.12. The van der Waals surface area contributed by atoms with E-state index in [9.17, 15) is 4.79 Å². The number of hydrogen-bond donors (Lipinski definition) is 0. The lowest BCUT2D eigenvalue weighted by Gasteiger charge is -2.30. The van der Waals surface area contributed by atoms with Crippen LogP contribution in [0.5, 0.6) is 0 Å². The van der Waals surface area contributed by atoms with Gasteiger partial charge in [0.2, 0.25) is 6.08 Å². The largest absolute Gasteiger partial charge is 0.374 e. The number of anilines is 1. The topological polar surface area (TPSA) is 32.7 Å². The van der Waals surface area contributed by atoms with E-state index in [1.54, 1.807) is 6.08 Å². The van der Waals surface area contributed by atoms with Crippen LogP contribution in [0.15, 0.2) is 23.2 Å². The molecule has 0 amide bonds. The number of fused-ring (bicyclic) bond motifs is 1. The molecule has 3 rings (SSSR count). The molecule has 1 aromatic carbocycles. The second kappa shape index (κ2) is 3.71. The molecule has 0 saturated heterocycles. The Kier molecular flexibility index (Phi) is 2.30. The van der Waals surface area contributed by atoms with Gasteiger partial charge < -0.3 is 4.90 Å². The van der Waals surface area contributed by atoms with Gasteiger partial charge in [0.1, 0.15) is 0 Å². The molecular formula is C14H16N2O. The fourth-order valence-corrected chi connectivity index (χ4v) is 2.89. The zero-order valence-electron chi connectivity index (χ0n) is 10.1. The van der Waals surface area contributed by atoms with Crippen LogP contribution < -0.4 is 4.90 Å². The molecule has 1 heterocycles. The predicted molar refractivity (Wildman–Crippen MR) is 67.1 cm³/mol. The smallest absolute Gasteiger partial charge is 0.235 e. The Bertz CT molecular complexity index is 499.